The molecule has 2 N–H and O–H groups in total. The minimum Gasteiger partial charge on any atom is -0.493 e. The third-order valence-corrected chi connectivity index (χ3v) is 8.02. The van der Waals surface area contributed by atoms with Gasteiger partial charge in [-0.25, -0.2) is 0 Å². The highest BCUT2D eigenvalue weighted by molar-refractivity contribution is 7.81. The molecule has 1 fully saturated rings. The van der Waals surface area contributed by atoms with Gasteiger partial charge in [-0.3, -0.25) is 9.78 Å². The number of fused-ring (bicyclic) bond motifs is 4. The predicted octanol–water partition coefficient (Wildman–Crippen LogP) is 5.27. The molecule has 42 heavy (non-hydrogen) atoms. The molecule has 3 aromatic heterocycles. The zero-order chi connectivity index (χ0) is 29.4. The monoisotopic (exact) mass is 589 g/mol. The summed E-state index contributed by atoms with van der Waals surface area (Å²) < 4.78 is 48.4. The zero-order valence-electron chi connectivity index (χ0n) is 22.8. The van der Waals surface area contributed by atoms with Gasteiger partial charge in [-0.2, -0.15) is 13.7 Å². The topological polar surface area (TPSA) is 139 Å². The van der Waals surface area contributed by atoms with Gasteiger partial charge in [0.05, 0.1) is 40.7 Å². The van der Waals surface area contributed by atoms with Crippen molar-refractivity contribution in [3.8, 4) is 28.7 Å². The number of H-pyrrole nitrogens is 1. The Balaban J connectivity index is 1.68. The summed E-state index contributed by atoms with van der Waals surface area (Å²) >= 11 is 0. The van der Waals surface area contributed by atoms with Crippen molar-refractivity contribution in [2.45, 2.75) is 38.6 Å². The summed E-state index contributed by atoms with van der Waals surface area (Å²) in [5.41, 5.74) is 3.31. The number of rotatable bonds is 8. The Morgan fingerprint density at radius 3 is 2.69 bits per heavy atom. The lowest BCUT2D eigenvalue weighted by Gasteiger charge is -2.28. The first-order valence-electron chi connectivity index (χ1n) is 13.8. The molecule has 0 amide bonds. The first-order chi connectivity index (χ1) is 20.3. The molecular formula is C30H28FN5O5S. The summed E-state index contributed by atoms with van der Waals surface area (Å²) in [7, 11) is -5.25. The maximum Gasteiger partial charge on any atom is 0.488 e. The molecule has 12 heteroatoms. The Morgan fingerprint density at radius 2 is 1.95 bits per heavy atom. The number of pyridine rings is 2. The molecular weight excluding hydrogens is 561 g/mol. The summed E-state index contributed by atoms with van der Waals surface area (Å²) in [5.74, 6) is 0.127. The zero-order valence-corrected chi connectivity index (χ0v) is 23.6. The lowest BCUT2D eigenvalue weighted by atomic mass is 9.99. The average molecular weight is 590 g/mol. The molecule has 1 aliphatic heterocycles. The molecule has 0 atom stereocenters. The fourth-order valence-corrected chi connectivity index (χ4v) is 6.03. The summed E-state index contributed by atoms with van der Waals surface area (Å²) in [6.45, 7) is 4.05. The lowest BCUT2D eigenvalue weighted by Crippen LogP contribution is -2.30. The number of nitrogens with one attached hydrogen (secondary N) is 2. The quantitative estimate of drug-likeness (QED) is 0.184. The number of unbranched alkanes of at least 4 members (excludes halogenated alkanes) is 1. The van der Waals surface area contributed by atoms with Gasteiger partial charge in [0.25, 0.3) is 0 Å². The molecule has 1 saturated heterocycles. The number of benzene rings is 2. The Hall–Kier alpha value is -4.47. The molecule has 10 nitrogen and oxygen atoms in total. The molecule has 2 aromatic carbocycles. The van der Waals surface area contributed by atoms with Crippen LogP contribution >= 0.6 is 0 Å². The van der Waals surface area contributed by atoms with E-state index in [2.05, 4.69) is 30.1 Å². The molecule has 216 valence electrons. The van der Waals surface area contributed by atoms with Crippen molar-refractivity contribution >= 4 is 43.3 Å². The number of aromatic nitrogens is 3. The van der Waals surface area contributed by atoms with Crippen LogP contribution in [0.15, 0.2) is 53.6 Å². The number of nitrogens with zero attached hydrogens (tertiary/aromatic N) is 3. The van der Waals surface area contributed by atoms with E-state index < -0.39 is 10.5 Å². The van der Waals surface area contributed by atoms with Crippen LogP contribution in [0, 0.1) is 11.3 Å². The SMILES string of the molecule is CCCCOc1cc2c(=O)c3c4ccc(C#N)cc4[nH]c3n(C3CCNCC3)c2cc1-c1cncc(OS(=O)(=O)F)c1. The largest absolute Gasteiger partial charge is 0.493 e. The highest BCUT2D eigenvalue weighted by Crippen LogP contribution is 2.39. The van der Waals surface area contributed by atoms with E-state index in [4.69, 9.17) is 4.74 Å². The maximum atomic E-state index is 14.2. The van der Waals surface area contributed by atoms with E-state index in [0.717, 1.165) is 50.4 Å². The number of nitriles is 1. The second-order valence-corrected chi connectivity index (χ2v) is 11.3. The van der Waals surface area contributed by atoms with Gasteiger partial charge in [0.1, 0.15) is 11.4 Å². The van der Waals surface area contributed by atoms with Crippen LogP contribution in [-0.4, -0.2) is 42.6 Å². The number of ether oxygens (including phenoxy) is 1. The smallest absolute Gasteiger partial charge is 0.488 e. The van der Waals surface area contributed by atoms with E-state index in [1.54, 1.807) is 24.3 Å². The number of hydrogen-bond donors (Lipinski definition) is 2. The van der Waals surface area contributed by atoms with E-state index >= 15 is 0 Å². The standard InChI is InChI=1S/C30H28FN5O5S/c1-2-3-10-40-27-14-24-26(13-23(27)19-12-21(17-34-16-19)41-42(31,38)39)36(20-6-8-33-9-7-20)30-28(29(24)37)22-5-4-18(15-32)11-25(22)35-30/h4-5,11-14,16-17,20,33,35H,2-3,6-10H2,1H3. The fraction of sp³-hybridized carbons (Fsp3) is 0.300. The molecule has 0 aliphatic carbocycles. The van der Waals surface area contributed by atoms with E-state index in [1.807, 2.05) is 13.0 Å². The summed E-state index contributed by atoms with van der Waals surface area (Å²) in [6.07, 6.45) is 5.94. The van der Waals surface area contributed by atoms with E-state index in [1.165, 1.54) is 12.3 Å². The van der Waals surface area contributed by atoms with E-state index in [-0.39, 0.29) is 17.2 Å². The highest BCUT2D eigenvalue weighted by Gasteiger charge is 2.25. The Labute approximate surface area is 241 Å². The average Bonchev–Trinajstić information content (AvgIpc) is 3.35. The predicted molar refractivity (Wildman–Crippen MR) is 158 cm³/mol. The minimum atomic E-state index is -5.25. The Bertz CT molecular complexity index is 2040. The number of halogens is 1. The van der Waals surface area contributed by atoms with Gasteiger partial charge < -0.3 is 23.8 Å². The number of piperidine rings is 1. The van der Waals surface area contributed by atoms with Gasteiger partial charge in [-0.05, 0) is 62.7 Å². The summed E-state index contributed by atoms with van der Waals surface area (Å²) in [4.78, 5) is 21.7. The van der Waals surface area contributed by atoms with E-state index in [9.17, 15) is 22.4 Å². The van der Waals surface area contributed by atoms with Crippen LogP contribution in [0.2, 0.25) is 0 Å². The third-order valence-electron chi connectivity index (χ3n) is 7.63. The van der Waals surface area contributed by atoms with Crippen LogP contribution in [0.4, 0.5) is 3.89 Å². The third kappa shape index (κ3) is 5.17. The van der Waals surface area contributed by atoms with Crippen LogP contribution in [0.5, 0.6) is 11.5 Å². The van der Waals surface area contributed by atoms with Crippen molar-refractivity contribution in [2.24, 2.45) is 0 Å². The summed E-state index contributed by atoms with van der Waals surface area (Å²) in [6, 6.07) is 12.4. The summed E-state index contributed by atoms with van der Waals surface area (Å²) in [5, 5.41) is 14.6. The van der Waals surface area contributed by atoms with Gasteiger partial charge in [-0.1, -0.05) is 23.3 Å². The maximum absolute atomic E-state index is 14.2. The molecule has 0 saturated carbocycles. The fourth-order valence-electron chi connectivity index (χ4n) is 5.71. The van der Waals surface area contributed by atoms with E-state index in [0.29, 0.717) is 56.5 Å². The van der Waals surface area contributed by atoms with Crippen LogP contribution in [0.3, 0.4) is 0 Å². The van der Waals surface area contributed by atoms with Crippen LogP contribution < -0.4 is 19.7 Å². The van der Waals surface area contributed by atoms with Crippen LogP contribution in [0.1, 0.15) is 44.2 Å². The van der Waals surface area contributed by atoms with Crippen molar-refractivity contribution < 1.29 is 21.2 Å². The second-order valence-electron chi connectivity index (χ2n) is 10.4. The first-order valence-corrected chi connectivity index (χ1v) is 15.1. The molecule has 0 unspecified atom stereocenters. The number of hydrogen-bond acceptors (Lipinski definition) is 8. The van der Waals surface area contributed by atoms with Crippen molar-refractivity contribution in [2.75, 3.05) is 19.7 Å². The molecule has 6 rings (SSSR count). The van der Waals surface area contributed by atoms with Gasteiger partial charge in [0, 0.05) is 34.3 Å². The minimum absolute atomic E-state index is 0.0598. The molecule has 0 bridgehead atoms. The Kier molecular flexibility index (Phi) is 7.30. The second kappa shape index (κ2) is 11.1. The van der Waals surface area contributed by atoms with Crippen LogP contribution in [0.25, 0.3) is 44.0 Å². The van der Waals surface area contributed by atoms with Gasteiger partial charge in [-0.15, -0.1) is 0 Å². The van der Waals surface area contributed by atoms with Gasteiger partial charge >= 0.3 is 10.5 Å². The lowest BCUT2D eigenvalue weighted by molar-refractivity contribution is 0.311. The molecule has 5 aromatic rings. The van der Waals surface area contributed by atoms with Crippen molar-refractivity contribution in [3.05, 3.63) is 64.6 Å². The van der Waals surface area contributed by atoms with Crippen molar-refractivity contribution in [1.29, 1.82) is 5.26 Å². The first kappa shape index (κ1) is 27.7. The number of aromatic amines is 1. The molecule has 4 heterocycles. The molecule has 1 aliphatic rings. The van der Waals surface area contributed by atoms with Gasteiger partial charge in [0.15, 0.2) is 11.2 Å². The van der Waals surface area contributed by atoms with Crippen molar-refractivity contribution in [1.82, 2.24) is 19.9 Å². The highest BCUT2D eigenvalue weighted by atomic mass is 32.3. The van der Waals surface area contributed by atoms with Gasteiger partial charge in [0.2, 0.25) is 0 Å². The molecule has 0 radical (unpaired) electrons. The van der Waals surface area contributed by atoms with Crippen molar-refractivity contribution in [3.63, 3.8) is 0 Å². The normalized spacial score (nSPS) is 14.4. The molecule has 0 spiro atoms. The van der Waals surface area contributed by atoms with Crippen LogP contribution in [-0.2, 0) is 10.5 Å². The Morgan fingerprint density at radius 1 is 1.14 bits per heavy atom.